The number of aromatic nitrogens is 5. The molecule has 0 N–H and O–H groups in total. The Hall–Kier alpha value is -8.92. The Morgan fingerprint density at radius 3 is 1.42 bits per heavy atom. The fraction of sp³-hybridized carbons (Fsp3) is 0. The van der Waals surface area contributed by atoms with Crippen molar-refractivity contribution in [3.05, 3.63) is 224 Å². The molecule has 0 saturated carbocycles. The molecule has 12 rings (SSSR count). The molecule has 12 aromatic rings. The Kier molecular flexibility index (Phi) is 8.77. The van der Waals surface area contributed by atoms with Gasteiger partial charge in [-0.05, 0) is 76.9 Å². The second-order valence-corrected chi connectivity index (χ2v) is 16.0. The highest BCUT2D eigenvalue weighted by Gasteiger charge is 2.21. The SMILES string of the molecule is N#Cc1cccc(-c2nc(-c3ccc(-c4ccccc4)cc3)nc(-c3cc(-n4c5ccccc5c5ccc(-n6c7ccccc7c7ccccc76)cc54)ccc3-c3ccccc3)n2)c1. The van der Waals surface area contributed by atoms with Gasteiger partial charge in [-0.15, -0.1) is 0 Å². The topological polar surface area (TPSA) is 72.3 Å². The quantitative estimate of drug-likeness (QED) is 0.161. The molecular formula is C58H36N6. The van der Waals surface area contributed by atoms with Gasteiger partial charge >= 0.3 is 0 Å². The van der Waals surface area contributed by atoms with Crippen LogP contribution in [0.5, 0.6) is 0 Å². The van der Waals surface area contributed by atoms with Crippen LogP contribution in [0.25, 0.3) is 111 Å². The van der Waals surface area contributed by atoms with E-state index in [1.54, 1.807) is 6.07 Å². The lowest BCUT2D eigenvalue weighted by Gasteiger charge is -2.16. The number of para-hydroxylation sites is 3. The predicted octanol–water partition coefficient (Wildman–Crippen LogP) is 14.3. The molecule has 0 aliphatic heterocycles. The zero-order valence-electron chi connectivity index (χ0n) is 34.5. The standard InChI is InChI=1S/C58H36N6/c59-37-38-14-13-19-43(34-38)57-60-56(42-28-26-40(27-29-42)39-15-3-1-4-16-39)61-58(62-57)51-35-44(30-32-46(51)41-17-5-2-6-18-41)64-54-25-12-9-22-49(54)50-33-31-45(36-55(50)64)63-52-23-10-7-20-47(52)48-21-8-11-24-53(48)63/h1-36H. The number of rotatable bonds is 7. The Balaban J connectivity index is 1.09. The molecule has 0 aliphatic carbocycles. The van der Waals surface area contributed by atoms with Crippen LogP contribution < -0.4 is 0 Å². The summed E-state index contributed by atoms with van der Waals surface area (Å²) in [6.07, 6.45) is 0. The highest BCUT2D eigenvalue weighted by Crippen LogP contribution is 2.40. The first-order valence-electron chi connectivity index (χ1n) is 21.3. The van der Waals surface area contributed by atoms with Crippen LogP contribution in [0.4, 0.5) is 0 Å². The minimum absolute atomic E-state index is 0.487. The van der Waals surface area contributed by atoms with Crippen LogP contribution in [0.15, 0.2) is 218 Å². The van der Waals surface area contributed by atoms with Gasteiger partial charge in [0.25, 0.3) is 0 Å². The lowest BCUT2D eigenvalue weighted by Crippen LogP contribution is -2.03. The summed E-state index contributed by atoms with van der Waals surface area (Å²) in [6, 6.07) is 78.1. The van der Waals surface area contributed by atoms with Gasteiger partial charge in [0.15, 0.2) is 17.5 Å². The number of nitrogens with zero attached hydrogens (tertiary/aromatic N) is 6. The first-order chi connectivity index (χ1) is 31.7. The molecule has 3 aromatic heterocycles. The van der Waals surface area contributed by atoms with E-state index >= 15 is 0 Å². The highest BCUT2D eigenvalue weighted by atomic mass is 15.0. The maximum atomic E-state index is 9.89. The van der Waals surface area contributed by atoms with Crippen molar-refractivity contribution in [1.82, 2.24) is 24.1 Å². The molecule has 0 unspecified atom stereocenters. The van der Waals surface area contributed by atoms with E-state index in [4.69, 9.17) is 15.0 Å². The maximum Gasteiger partial charge on any atom is 0.164 e. The summed E-state index contributed by atoms with van der Waals surface area (Å²) in [7, 11) is 0. The molecule has 6 heteroatoms. The van der Waals surface area contributed by atoms with E-state index in [1.165, 1.54) is 16.2 Å². The molecule has 64 heavy (non-hydrogen) atoms. The lowest BCUT2D eigenvalue weighted by atomic mass is 9.98. The molecule has 298 valence electrons. The summed E-state index contributed by atoms with van der Waals surface area (Å²) in [4.78, 5) is 15.6. The number of benzene rings is 9. The molecule has 0 bridgehead atoms. The number of fused-ring (bicyclic) bond motifs is 6. The summed E-state index contributed by atoms with van der Waals surface area (Å²) in [5, 5.41) is 14.7. The van der Waals surface area contributed by atoms with Crippen molar-refractivity contribution in [2.45, 2.75) is 0 Å². The van der Waals surface area contributed by atoms with Crippen LogP contribution in [0, 0.1) is 11.3 Å². The van der Waals surface area contributed by atoms with Gasteiger partial charge in [0.2, 0.25) is 0 Å². The molecule has 0 aliphatic rings. The third-order valence-electron chi connectivity index (χ3n) is 12.2. The van der Waals surface area contributed by atoms with E-state index in [9.17, 15) is 5.26 Å². The number of hydrogen-bond acceptors (Lipinski definition) is 4. The van der Waals surface area contributed by atoms with Gasteiger partial charge in [-0.25, -0.2) is 15.0 Å². The van der Waals surface area contributed by atoms with Crippen LogP contribution in [0.1, 0.15) is 5.56 Å². The van der Waals surface area contributed by atoms with Gasteiger partial charge in [-0.3, -0.25) is 0 Å². The van der Waals surface area contributed by atoms with E-state index in [1.807, 2.05) is 42.5 Å². The molecule has 0 radical (unpaired) electrons. The maximum absolute atomic E-state index is 9.89. The van der Waals surface area contributed by atoms with Gasteiger partial charge in [-0.1, -0.05) is 164 Å². The summed E-state index contributed by atoms with van der Waals surface area (Å²) in [6.45, 7) is 0. The average Bonchev–Trinajstić information content (AvgIpc) is 3.89. The Morgan fingerprint density at radius 1 is 0.312 bits per heavy atom. The number of nitriles is 1. The molecule has 0 amide bonds. The second-order valence-electron chi connectivity index (χ2n) is 16.0. The molecule has 0 atom stereocenters. The first kappa shape index (κ1) is 36.9. The Morgan fingerprint density at radius 2 is 0.781 bits per heavy atom. The molecule has 0 spiro atoms. The van der Waals surface area contributed by atoms with E-state index in [2.05, 4.69) is 185 Å². The summed E-state index contributed by atoms with van der Waals surface area (Å²) < 4.78 is 4.74. The van der Waals surface area contributed by atoms with E-state index in [-0.39, 0.29) is 0 Å². The fourth-order valence-electron chi connectivity index (χ4n) is 9.23. The minimum atomic E-state index is 0.487. The lowest BCUT2D eigenvalue weighted by molar-refractivity contribution is 1.07. The van der Waals surface area contributed by atoms with Crippen molar-refractivity contribution in [3.63, 3.8) is 0 Å². The monoisotopic (exact) mass is 816 g/mol. The van der Waals surface area contributed by atoms with Crippen LogP contribution in [0.2, 0.25) is 0 Å². The molecule has 6 nitrogen and oxygen atoms in total. The van der Waals surface area contributed by atoms with Crippen LogP contribution in [-0.4, -0.2) is 24.1 Å². The van der Waals surface area contributed by atoms with Crippen LogP contribution in [0.3, 0.4) is 0 Å². The summed E-state index contributed by atoms with van der Waals surface area (Å²) in [5.74, 6) is 1.56. The molecule has 3 heterocycles. The van der Waals surface area contributed by atoms with Crippen LogP contribution in [-0.2, 0) is 0 Å². The van der Waals surface area contributed by atoms with Crippen molar-refractivity contribution in [1.29, 1.82) is 5.26 Å². The minimum Gasteiger partial charge on any atom is -0.309 e. The highest BCUT2D eigenvalue weighted by molar-refractivity contribution is 6.12. The van der Waals surface area contributed by atoms with Crippen molar-refractivity contribution in [3.8, 4) is 73.9 Å². The Labute approximate surface area is 369 Å². The van der Waals surface area contributed by atoms with Crippen LogP contribution >= 0.6 is 0 Å². The van der Waals surface area contributed by atoms with Gasteiger partial charge in [0.05, 0.1) is 33.7 Å². The van der Waals surface area contributed by atoms with E-state index in [0.29, 0.717) is 23.0 Å². The zero-order chi connectivity index (χ0) is 42.6. The largest absolute Gasteiger partial charge is 0.309 e. The van der Waals surface area contributed by atoms with Crippen molar-refractivity contribution in [2.75, 3.05) is 0 Å². The fourth-order valence-corrected chi connectivity index (χ4v) is 9.23. The van der Waals surface area contributed by atoms with Gasteiger partial charge < -0.3 is 9.13 Å². The molecule has 9 aromatic carbocycles. The van der Waals surface area contributed by atoms with E-state index in [0.717, 1.165) is 77.8 Å². The average molecular weight is 817 g/mol. The first-order valence-corrected chi connectivity index (χ1v) is 21.3. The molecule has 0 saturated heterocycles. The Bertz CT molecular complexity index is 3730. The third kappa shape index (κ3) is 6.22. The zero-order valence-corrected chi connectivity index (χ0v) is 34.5. The second kappa shape index (κ2) is 15.2. The third-order valence-corrected chi connectivity index (χ3v) is 12.2. The van der Waals surface area contributed by atoms with Gasteiger partial charge in [0.1, 0.15) is 0 Å². The van der Waals surface area contributed by atoms with Crippen molar-refractivity contribution >= 4 is 43.6 Å². The molecule has 0 fully saturated rings. The summed E-state index contributed by atoms with van der Waals surface area (Å²) in [5.41, 5.74) is 13.8. The van der Waals surface area contributed by atoms with Gasteiger partial charge in [0, 0.05) is 49.6 Å². The van der Waals surface area contributed by atoms with E-state index < -0.39 is 0 Å². The normalized spacial score (nSPS) is 11.4. The predicted molar refractivity (Wildman–Crippen MR) is 260 cm³/mol. The number of hydrogen-bond donors (Lipinski definition) is 0. The smallest absolute Gasteiger partial charge is 0.164 e. The van der Waals surface area contributed by atoms with Crippen molar-refractivity contribution < 1.29 is 0 Å². The summed E-state index contributed by atoms with van der Waals surface area (Å²) >= 11 is 0. The van der Waals surface area contributed by atoms with Crippen molar-refractivity contribution in [2.24, 2.45) is 0 Å². The van der Waals surface area contributed by atoms with Gasteiger partial charge in [-0.2, -0.15) is 5.26 Å². The molecular weight excluding hydrogens is 781 g/mol.